The second kappa shape index (κ2) is 10.1. The molecule has 3 rings (SSSR count). The lowest BCUT2D eigenvalue weighted by molar-refractivity contribution is -0.130. The van der Waals surface area contributed by atoms with Crippen molar-refractivity contribution in [1.29, 1.82) is 0 Å². The molecular formula is C22H28N4O6S. The molecule has 1 atom stereocenters. The highest BCUT2D eigenvalue weighted by molar-refractivity contribution is 7.20. The fourth-order valence-electron chi connectivity index (χ4n) is 3.23. The van der Waals surface area contributed by atoms with E-state index in [0.717, 1.165) is 10.4 Å². The topological polar surface area (TPSA) is 132 Å². The number of ether oxygens (including phenoxy) is 2. The summed E-state index contributed by atoms with van der Waals surface area (Å²) in [5.74, 6) is 0.349. The summed E-state index contributed by atoms with van der Waals surface area (Å²) in [4.78, 5) is 42.3. The molecule has 0 unspecified atom stereocenters. The van der Waals surface area contributed by atoms with Gasteiger partial charge in [-0.25, -0.2) is 9.59 Å². The van der Waals surface area contributed by atoms with Crippen LogP contribution in [-0.4, -0.2) is 55.0 Å². The molecule has 4 N–H and O–H groups in total. The van der Waals surface area contributed by atoms with E-state index in [2.05, 4.69) is 10.6 Å². The van der Waals surface area contributed by atoms with Crippen LogP contribution in [-0.2, 0) is 9.57 Å². The monoisotopic (exact) mass is 476 g/mol. The molecule has 1 aromatic heterocycles. The highest BCUT2D eigenvalue weighted by atomic mass is 32.1. The fourth-order valence-corrected chi connectivity index (χ4v) is 4.29. The summed E-state index contributed by atoms with van der Waals surface area (Å²) >= 11 is 1.24. The van der Waals surface area contributed by atoms with E-state index in [-0.39, 0.29) is 11.9 Å². The molecule has 0 saturated carbocycles. The van der Waals surface area contributed by atoms with E-state index < -0.39 is 17.8 Å². The molecular weight excluding hydrogens is 448 g/mol. The number of anilines is 1. The predicted molar refractivity (Wildman–Crippen MR) is 124 cm³/mol. The van der Waals surface area contributed by atoms with E-state index in [4.69, 9.17) is 20.0 Å². The van der Waals surface area contributed by atoms with Crippen LogP contribution < -0.4 is 21.1 Å². The number of nitrogens with two attached hydrogens (primary N) is 1. The summed E-state index contributed by atoms with van der Waals surface area (Å²) in [5, 5.41) is 7.26. The maximum Gasteiger partial charge on any atom is 0.528 e. The molecule has 10 nitrogen and oxygen atoms in total. The third-order valence-electron chi connectivity index (χ3n) is 4.67. The SMILES string of the molecule is COc1ccc(-c2cc(C(=O)N[C@H]3CCN(OC(=O)OC(C)(C)C)C3)c(NC(N)=O)s2)cc1. The van der Waals surface area contributed by atoms with Gasteiger partial charge in [0.05, 0.1) is 19.2 Å². The molecule has 33 heavy (non-hydrogen) atoms. The first kappa shape index (κ1) is 24.3. The Morgan fingerprint density at radius 2 is 1.88 bits per heavy atom. The van der Waals surface area contributed by atoms with Gasteiger partial charge in [-0.3, -0.25) is 10.1 Å². The van der Waals surface area contributed by atoms with Crippen molar-refractivity contribution >= 4 is 34.4 Å². The highest BCUT2D eigenvalue weighted by Gasteiger charge is 2.30. The van der Waals surface area contributed by atoms with Gasteiger partial charge in [-0.05, 0) is 63.1 Å². The molecule has 0 spiro atoms. The molecule has 3 amide bonds. The summed E-state index contributed by atoms with van der Waals surface area (Å²) < 4.78 is 10.3. The number of hydrogen-bond donors (Lipinski definition) is 3. The van der Waals surface area contributed by atoms with Crippen molar-refractivity contribution in [2.75, 3.05) is 25.5 Å². The lowest BCUT2D eigenvalue weighted by atomic mass is 10.1. The molecule has 0 radical (unpaired) electrons. The third-order valence-corrected chi connectivity index (χ3v) is 5.77. The van der Waals surface area contributed by atoms with Crippen LogP contribution in [0.1, 0.15) is 37.6 Å². The number of amides is 3. The van der Waals surface area contributed by atoms with Gasteiger partial charge >= 0.3 is 12.2 Å². The van der Waals surface area contributed by atoms with Gasteiger partial charge in [0.1, 0.15) is 16.4 Å². The molecule has 2 heterocycles. The Kier molecular flexibility index (Phi) is 7.44. The molecule has 11 heteroatoms. The van der Waals surface area contributed by atoms with Gasteiger partial charge < -0.3 is 25.4 Å². The maximum atomic E-state index is 13.0. The first-order valence-electron chi connectivity index (χ1n) is 10.4. The lowest BCUT2D eigenvalue weighted by Gasteiger charge is -2.21. The largest absolute Gasteiger partial charge is 0.528 e. The maximum absolute atomic E-state index is 13.0. The van der Waals surface area contributed by atoms with Crippen molar-refractivity contribution in [2.24, 2.45) is 5.73 Å². The minimum absolute atomic E-state index is 0.245. The standard InChI is InChI=1S/C22H28N4O6S/c1-22(2,3)31-21(29)32-26-10-9-14(12-26)24-18(27)16-11-17(33-19(16)25-20(23)28)13-5-7-15(30-4)8-6-13/h5-8,11,14H,9-10,12H2,1-4H3,(H,24,27)(H3,23,25,28)/t14-/m0/s1. The normalized spacial score (nSPS) is 16.2. The van der Waals surface area contributed by atoms with Crippen molar-refractivity contribution in [3.8, 4) is 16.2 Å². The summed E-state index contributed by atoms with van der Waals surface area (Å²) in [6, 6.07) is 8.06. The van der Waals surface area contributed by atoms with Crippen LogP contribution in [0.3, 0.4) is 0 Å². The number of urea groups is 1. The van der Waals surface area contributed by atoms with Gasteiger partial charge in [-0.1, -0.05) is 0 Å². The van der Waals surface area contributed by atoms with Crippen molar-refractivity contribution in [3.63, 3.8) is 0 Å². The predicted octanol–water partition coefficient (Wildman–Crippen LogP) is 3.59. The molecule has 1 saturated heterocycles. The first-order chi connectivity index (χ1) is 15.5. The van der Waals surface area contributed by atoms with Gasteiger partial charge in [-0.15, -0.1) is 16.4 Å². The van der Waals surface area contributed by atoms with Gasteiger partial charge in [0, 0.05) is 17.5 Å². The summed E-state index contributed by atoms with van der Waals surface area (Å²) in [7, 11) is 1.58. The number of primary amides is 1. The van der Waals surface area contributed by atoms with Crippen LogP contribution >= 0.6 is 11.3 Å². The average molecular weight is 477 g/mol. The van der Waals surface area contributed by atoms with Crippen LogP contribution in [0, 0.1) is 0 Å². The Hall–Kier alpha value is -3.31. The zero-order chi connectivity index (χ0) is 24.2. The fraction of sp³-hybridized carbons (Fsp3) is 0.409. The summed E-state index contributed by atoms with van der Waals surface area (Å²) in [5.41, 5.74) is 5.80. The number of nitrogens with one attached hydrogen (secondary N) is 2. The quantitative estimate of drug-likeness (QED) is 0.543. The molecule has 1 aliphatic heterocycles. The smallest absolute Gasteiger partial charge is 0.497 e. The van der Waals surface area contributed by atoms with Crippen molar-refractivity contribution in [1.82, 2.24) is 10.4 Å². The van der Waals surface area contributed by atoms with Crippen LogP contribution in [0.25, 0.3) is 10.4 Å². The van der Waals surface area contributed by atoms with Crippen molar-refractivity contribution in [3.05, 3.63) is 35.9 Å². The second-order valence-electron chi connectivity index (χ2n) is 8.47. The number of nitrogens with zero attached hydrogens (tertiary/aromatic N) is 1. The lowest BCUT2D eigenvalue weighted by Crippen LogP contribution is -2.38. The van der Waals surface area contributed by atoms with E-state index >= 15 is 0 Å². The minimum Gasteiger partial charge on any atom is -0.497 e. The van der Waals surface area contributed by atoms with Crippen LogP contribution in [0.5, 0.6) is 5.75 Å². The molecule has 2 aromatic rings. The Balaban J connectivity index is 1.68. The number of methoxy groups -OCH3 is 1. The molecule has 0 aliphatic carbocycles. The van der Waals surface area contributed by atoms with E-state index in [9.17, 15) is 14.4 Å². The van der Waals surface area contributed by atoms with E-state index in [0.29, 0.717) is 35.8 Å². The number of hydrogen-bond acceptors (Lipinski definition) is 8. The van der Waals surface area contributed by atoms with E-state index in [1.807, 2.05) is 24.3 Å². The second-order valence-corrected chi connectivity index (χ2v) is 9.53. The number of carbonyl (C=O) groups is 3. The number of carbonyl (C=O) groups excluding carboxylic acids is 3. The number of benzene rings is 1. The zero-order valence-electron chi connectivity index (χ0n) is 19.0. The average Bonchev–Trinajstić information content (AvgIpc) is 3.33. The molecule has 1 fully saturated rings. The molecule has 1 aliphatic rings. The number of hydroxylamine groups is 2. The van der Waals surface area contributed by atoms with Gasteiger partial charge in [0.25, 0.3) is 5.91 Å². The summed E-state index contributed by atoms with van der Waals surface area (Å²) in [6.07, 6.45) is -0.202. The zero-order valence-corrected chi connectivity index (χ0v) is 19.8. The van der Waals surface area contributed by atoms with Crippen molar-refractivity contribution in [2.45, 2.75) is 38.8 Å². The molecule has 1 aromatic carbocycles. The van der Waals surface area contributed by atoms with Gasteiger partial charge in [0.15, 0.2) is 0 Å². The number of thiophene rings is 1. The van der Waals surface area contributed by atoms with E-state index in [1.54, 1.807) is 33.9 Å². The molecule has 178 valence electrons. The van der Waals surface area contributed by atoms with Crippen molar-refractivity contribution < 1.29 is 28.7 Å². The number of rotatable bonds is 6. The Morgan fingerprint density at radius 1 is 1.18 bits per heavy atom. The molecule has 0 bridgehead atoms. The Morgan fingerprint density at radius 3 is 2.48 bits per heavy atom. The van der Waals surface area contributed by atoms with Crippen LogP contribution in [0.15, 0.2) is 30.3 Å². The third kappa shape index (κ3) is 6.83. The first-order valence-corrected chi connectivity index (χ1v) is 11.2. The van der Waals surface area contributed by atoms with E-state index in [1.165, 1.54) is 16.4 Å². The van der Waals surface area contributed by atoms with Gasteiger partial charge in [-0.2, -0.15) is 0 Å². The summed E-state index contributed by atoms with van der Waals surface area (Å²) in [6.45, 7) is 6.02. The van der Waals surface area contributed by atoms with Gasteiger partial charge in [0.2, 0.25) is 0 Å². The van der Waals surface area contributed by atoms with Crippen LogP contribution in [0.2, 0.25) is 0 Å². The Labute approximate surface area is 195 Å². The van der Waals surface area contributed by atoms with Crippen LogP contribution in [0.4, 0.5) is 14.6 Å². The highest BCUT2D eigenvalue weighted by Crippen LogP contribution is 2.36. The minimum atomic E-state index is -0.788. The Bertz CT molecular complexity index is 1010.